The molecule has 1 amide bonds. The normalized spacial score (nSPS) is 15.0. The van der Waals surface area contributed by atoms with E-state index in [0.717, 1.165) is 12.8 Å². The molecule has 1 fully saturated rings. The lowest BCUT2D eigenvalue weighted by atomic mass is 10.1. The second kappa shape index (κ2) is 7.76. The summed E-state index contributed by atoms with van der Waals surface area (Å²) in [6.45, 7) is 1.81. The summed E-state index contributed by atoms with van der Waals surface area (Å²) in [6.07, 6.45) is 1.93. The van der Waals surface area contributed by atoms with Gasteiger partial charge in [-0.05, 0) is 31.0 Å². The van der Waals surface area contributed by atoms with Gasteiger partial charge in [-0.1, -0.05) is 0 Å². The van der Waals surface area contributed by atoms with Crippen molar-refractivity contribution in [2.45, 2.75) is 17.7 Å². The summed E-state index contributed by atoms with van der Waals surface area (Å²) in [6, 6.07) is 4.30. The Hall–Kier alpha value is -1.64. The van der Waals surface area contributed by atoms with Crippen LogP contribution in [0, 0.1) is 0 Å². The van der Waals surface area contributed by atoms with Crippen molar-refractivity contribution in [3.05, 3.63) is 23.8 Å². The molecule has 1 N–H and O–H groups in total. The molecule has 0 spiro atoms. The van der Waals surface area contributed by atoms with Crippen LogP contribution in [-0.4, -0.2) is 59.7 Å². The van der Waals surface area contributed by atoms with Gasteiger partial charge >= 0.3 is 0 Å². The lowest BCUT2D eigenvalue weighted by Crippen LogP contribution is -2.29. The average molecular weight is 342 g/mol. The SMILES string of the molecule is COCCNS(=O)(=O)c1ccc(OC)c(C(=O)N2CCCC2)c1. The third-order valence-electron chi connectivity index (χ3n) is 3.70. The van der Waals surface area contributed by atoms with Gasteiger partial charge in [-0.2, -0.15) is 0 Å². The molecule has 1 heterocycles. The first kappa shape index (κ1) is 17.7. The number of hydrogen-bond donors (Lipinski definition) is 1. The van der Waals surface area contributed by atoms with Crippen molar-refractivity contribution in [2.24, 2.45) is 0 Å². The van der Waals surface area contributed by atoms with Crippen LogP contribution in [-0.2, 0) is 14.8 Å². The van der Waals surface area contributed by atoms with Crippen molar-refractivity contribution in [3.8, 4) is 5.75 Å². The first-order valence-electron chi connectivity index (χ1n) is 7.45. The van der Waals surface area contributed by atoms with Crippen LogP contribution in [0.5, 0.6) is 5.75 Å². The topological polar surface area (TPSA) is 84.9 Å². The number of rotatable bonds is 7. The average Bonchev–Trinajstić information content (AvgIpc) is 3.08. The van der Waals surface area contributed by atoms with Gasteiger partial charge in [0.25, 0.3) is 5.91 Å². The molecule has 7 nitrogen and oxygen atoms in total. The van der Waals surface area contributed by atoms with Gasteiger partial charge < -0.3 is 14.4 Å². The highest BCUT2D eigenvalue weighted by Gasteiger charge is 2.25. The third kappa shape index (κ3) is 4.21. The fourth-order valence-electron chi connectivity index (χ4n) is 2.47. The van der Waals surface area contributed by atoms with E-state index in [1.807, 2.05) is 0 Å². The summed E-state index contributed by atoms with van der Waals surface area (Å²) < 4.78 is 37.0. The molecule has 0 unspecified atom stereocenters. The molecule has 0 atom stereocenters. The van der Waals surface area contributed by atoms with Gasteiger partial charge in [-0.15, -0.1) is 0 Å². The second-order valence-electron chi connectivity index (χ2n) is 5.25. The first-order chi connectivity index (χ1) is 11.0. The molecule has 1 aromatic rings. The predicted molar refractivity (Wildman–Crippen MR) is 85.2 cm³/mol. The number of hydrogen-bond acceptors (Lipinski definition) is 5. The molecule has 1 aliphatic heterocycles. The van der Waals surface area contributed by atoms with E-state index in [2.05, 4.69) is 4.72 Å². The van der Waals surface area contributed by atoms with Crippen molar-refractivity contribution in [1.29, 1.82) is 0 Å². The molecule has 0 aliphatic carbocycles. The van der Waals surface area contributed by atoms with Crippen molar-refractivity contribution in [3.63, 3.8) is 0 Å². The maximum Gasteiger partial charge on any atom is 0.257 e. The van der Waals surface area contributed by atoms with E-state index >= 15 is 0 Å². The highest BCUT2D eigenvalue weighted by Crippen LogP contribution is 2.25. The van der Waals surface area contributed by atoms with Gasteiger partial charge in [-0.25, -0.2) is 13.1 Å². The molecular weight excluding hydrogens is 320 g/mol. The van der Waals surface area contributed by atoms with Crippen LogP contribution < -0.4 is 9.46 Å². The van der Waals surface area contributed by atoms with E-state index in [-0.39, 0.29) is 29.5 Å². The van der Waals surface area contributed by atoms with Crippen molar-refractivity contribution < 1.29 is 22.7 Å². The summed E-state index contributed by atoms with van der Waals surface area (Å²) in [5.41, 5.74) is 0.268. The second-order valence-corrected chi connectivity index (χ2v) is 7.02. The van der Waals surface area contributed by atoms with Gasteiger partial charge in [0.2, 0.25) is 10.0 Å². The van der Waals surface area contributed by atoms with Crippen molar-refractivity contribution in [2.75, 3.05) is 40.5 Å². The van der Waals surface area contributed by atoms with E-state index in [0.29, 0.717) is 18.8 Å². The third-order valence-corrected chi connectivity index (χ3v) is 5.16. The number of amides is 1. The van der Waals surface area contributed by atoms with E-state index in [1.54, 1.807) is 4.90 Å². The van der Waals surface area contributed by atoms with E-state index in [9.17, 15) is 13.2 Å². The van der Waals surface area contributed by atoms with Crippen LogP contribution in [0.3, 0.4) is 0 Å². The molecule has 1 aliphatic rings. The Labute approximate surface area is 136 Å². The zero-order valence-corrected chi connectivity index (χ0v) is 14.2. The Kier molecular flexibility index (Phi) is 5.97. The zero-order chi connectivity index (χ0) is 16.9. The smallest absolute Gasteiger partial charge is 0.257 e. The minimum Gasteiger partial charge on any atom is -0.496 e. The molecule has 0 saturated carbocycles. The minimum absolute atomic E-state index is 0.0388. The number of carbonyl (C=O) groups excluding carboxylic acids is 1. The maximum atomic E-state index is 12.6. The summed E-state index contributed by atoms with van der Waals surface area (Å²) >= 11 is 0. The number of nitrogens with zero attached hydrogens (tertiary/aromatic N) is 1. The number of carbonyl (C=O) groups is 1. The van der Waals surface area contributed by atoms with Crippen LogP contribution in [0.1, 0.15) is 23.2 Å². The Bertz CT molecular complexity index is 654. The highest BCUT2D eigenvalue weighted by atomic mass is 32.2. The summed E-state index contributed by atoms with van der Waals surface area (Å²) in [5.74, 6) is 0.172. The number of benzene rings is 1. The number of methoxy groups -OCH3 is 2. The minimum atomic E-state index is -3.69. The summed E-state index contributed by atoms with van der Waals surface area (Å²) in [4.78, 5) is 14.3. The highest BCUT2D eigenvalue weighted by molar-refractivity contribution is 7.89. The van der Waals surface area contributed by atoms with Gasteiger partial charge in [0.05, 0.1) is 24.2 Å². The molecule has 23 heavy (non-hydrogen) atoms. The number of nitrogens with one attached hydrogen (secondary N) is 1. The molecule has 0 bridgehead atoms. The van der Waals surface area contributed by atoms with E-state index in [1.165, 1.54) is 32.4 Å². The lowest BCUT2D eigenvalue weighted by Gasteiger charge is -2.18. The Balaban J connectivity index is 2.29. The van der Waals surface area contributed by atoms with E-state index < -0.39 is 10.0 Å². The fourth-order valence-corrected chi connectivity index (χ4v) is 3.51. The van der Waals surface area contributed by atoms with Crippen LogP contribution in [0.25, 0.3) is 0 Å². The van der Waals surface area contributed by atoms with Crippen molar-refractivity contribution in [1.82, 2.24) is 9.62 Å². The largest absolute Gasteiger partial charge is 0.496 e. The monoisotopic (exact) mass is 342 g/mol. The van der Waals surface area contributed by atoms with Gasteiger partial charge in [-0.3, -0.25) is 4.79 Å². The Morgan fingerprint density at radius 1 is 1.26 bits per heavy atom. The van der Waals surface area contributed by atoms with Gasteiger partial charge in [0.1, 0.15) is 5.75 Å². The van der Waals surface area contributed by atoms with Crippen LogP contribution in [0.15, 0.2) is 23.1 Å². The Morgan fingerprint density at radius 3 is 2.57 bits per heavy atom. The summed E-state index contributed by atoms with van der Waals surface area (Å²) in [5, 5.41) is 0. The quantitative estimate of drug-likeness (QED) is 0.743. The molecule has 8 heteroatoms. The van der Waals surface area contributed by atoms with Crippen molar-refractivity contribution >= 4 is 15.9 Å². The molecule has 0 aromatic heterocycles. The lowest BCUT2D eigenvalue weighted by molar-refractivity contribution is 0.0789. The fraction of sp³-hybridized carbons (Fsp3) is 0.533. The van der Waals surface area contributed by atoms with Crippen LogP contribution in [0.2, 0.25) is 0 Å². The zero-order valence-electron chi connectivity index (χ0n) is 13.4. The molecule has 128 valence electrons. The molecule has 0 radical (unpaired) electrons. The summed E-state index contributed by atoms with van der Waals surface area (Å²) in [7, 11) is -0.739. The number of likely N-dealkylation sites (tertiary alicyclic amines) is 1. The van der Waals surface area contributed by atoms with E-state index in [4.69, 9.17) is 9.47 Å². The number of sulfonamides is 1. The molecular formula is C15H22N2O5S. The first-order valence-corrected chi connectivity index (χ1v) is 8.94. The molecule has 2 rings (SSSR count). The number of ether oxygens (including phenoxy) is 2. The molecule has 1 saturated heterocycles. The van der Waals surface area contributed by atoms with Crippen LogP contribution >= 0.6 is 0 Å². The van der Waals surface area contributed by atoms with Gasteiger partial charge in [0, 0.05) is 26.7 Å². The Morgan fingerprint density at radius 2 is 1.96 bits per heavy atom. The maximum absolute atomic E-state index is 12.6. The van der Waals surface area contributed by atoms with Gasteiger partial charge in [0.15, 0.2) is 0 Å². The predicted octanol–water partition coefficient (Wildman–Crippen LogP) is 0.856. The van der Waals surface area contributed by atoms with Crippen LogP contribution in [0.4, 0.5) is 0 Å². The standard InChI is InChI=1S/C15H22N2O5S/c1-21-10-7-16-23(19,20)12-5-6-14(22-2)13(11-12)15(18)17-8-3-4-9-17/h5-6,11,16H,3-4,7-10H2,1-2H3. The molecule has 1 aromatic carbocycles.